The molecule has 106 valence electrons. The van der Waals surface area contributed by atoms with Crippen LogP contribution in [0.5, 0.6) is 0 Å². The Kier molecular flexibility index (Phi) is 8.32. The van der Waals surface area contributed by atoms with E-state index in [9.17, 15) is 9.59 Å². The number of carbonyl (C=O) groups excluding carboxylic acids is 2. The molecule has 0 aromatic carbocycles. The second-order valence-electron chi connectivity index (χ2n) is 4.50. The topological polar surface area (TPSA) is 87.5 Å². The van der Waals surface area contributed by atoms with Crippen molar-refractivity contribution >= 4 is 11.9 Å². The molecule has 0 saturated carbocycles. The van der Waals surface area contributed by atoms with Gasteiger partial charge in [0.25, 0.3) is 0 Å². The van der Waals surface area contributed by atoms with E-state index in [-0.39, 0.29) is 18.0 Å². The lowest BCUT2D eigenvalue weighted by atomic mass is 10.2. The van der Waals surface area contributed by atoms with Gasteiger partial charge in [-0.05, 0) is 40.7 Å². The summed E-state index contributed by atoms with van der Waals surface area (Å²) in [7, 11) is 0. The van der Waals surface area contributed by atoms with Crippen molar-refractivity contribution in [2.24, 2.45) is 5.73 Å². The summed E-state index contributed by atoms with van der Waals surface area (Å²) in [6.07, 6.45) is 0.830. The number of nitrogens with two attached hydrogens (primary N) is 1. The third kappa shape index (κ3) is 5.97. The first-order valence-electron chi connectivity index (χ1n) is 6.48. The second-order valence-corrected chi connectivity index (χ2v) is 4.50. The fraction of sp³-hybridized carbons (Fsp3) is 0.833. The summed E-state index contributed by atoms with van der Waals surface area (Å²) in [5.74, 6) is -0.285. The van der Waals surface area contributed by atoms with Gasteiger partial charge in [0.2, 0.25) is 5.91 Å². The second kappa shape index (κ2) is 8.88. The van der Waals surface area contributed by atoms with E-state index in [0.717, 1.165) is 13.0 Å². The molecule has 1 unspecified atom stereocenters. The lowest BCUT2D eigenvalue weighted by Gasteiger charge is -2.31. The van der Waals surface area contributed by atoms with Gasteiger partial charge in [0.1, 0.15) is 0 Å². The van der Waals surface area contributed by atoms with Crippen LogP contribution in [0.1, 0.15) is 34.1 Å². The zero-order chi connectivity index (χ0) is 14.1. The van der Waals surface area contributed by atoms with Crippen LogP contribution < -0.4 is 16.4 Å². The van der Waals surface area contributed by atoms with Crippen LogP contribution in [-0.4, -0.2) is 48.6 Å². The summed E-state index contributed by atoms with van der Waals surface area (Å²) in [6.45, 7) is 9.47. The quantitative estimate of drug-likeness (QED) is 0.612. The highest BCUT2D eigenvalue weighted by molar-refractivity contribution is 5.96. The number of hydrogen-bond acceptors (Lipinski definition) is 4. The minimum Gasteiger partial charge on any atom is -0.338 e. The van der Waals surface area contributed by atoms with Gasteiger partial charge in [0, 0.05) is 19.1 Å². The minimum atomic E-state index is -0.447. The van der Waals surface area contributed by atoms with E-state index in [2.05, 4.69) is 10.6 Å². The zero-order valence-corrected chi connectivity index (χ0v) is 11.8. The molecular weight excluding hydrogens is 232 g/mol. The maximum absolute atomic E-state index is 11.9. The fourth-order valence-electron chi connectivity index (χ4n) is 1.74. The predicted octanol–water partition coefficient (Wildman–Crippen LogP) is 0.280. The molecular formula is C12H26N4O2. The highest BCUT2D eigenvalue weighted by atomic mass is 16.2. The van der Waals surface area contributed by atoms with Gasteiger partial charge in [-0.15, -0.1) is 0 Å². The number of hydrogen-bond donors (Lipinski definition) is 3. The molecule has 0 saturated heterocycles. The van der Waals surface area contributed by atoms with Crippen LogP contribution in [0.15, 0.2) is 0 Å². The molecule has 6 heteroatoms. The Morgan fingerprint density at radius 2 is 1.89 bits per heavy atom. The third-order valence-corrected chi connectivity index (χ3v) is 2.73. The molecule has 0 aliphatic rings. The molecule has 1 atom stereocenters. The van der Waals surface area contributed by atoms with Crippen molar-refractivity contribution in [3.05, 3.63) is 0 Å². The maximum atomic E-state index is 11.9. The summed E-state index contributed by atoms with van der Waals surface area (Å²) in [6, 6.07) is -0.567. The van der Waals surface area contributed by atoms with Crippen LogP contribution in [0.4, 0.5) is 4.79 Å². The first kappa shape index (κ1) is 16.9. The molecule has 0 aromatic rings. The van der Waals surface area contributed by atoms with Gasteiger partial charge in [0.05, 0.1) is 6.04 Å². The summed E-state index contributed by atoms with van der Waals surface area (Å²) >= 11 is 0. The van der Waals surface area contributed by atoms with E-state index in [1.54, 1.807) is 13.8 Å². The number of imide groups is 1. The molecule has 0 aliphatic heterocycles. The van der Waals surface area contributed by atoms with Crippen LogP contribution in [0.3, 0.4) is 0 Å². The normalized spacial score (nSPS) is 12.6. The highest BCUT2D eigenvalue weighted by Crippen LogP contribution is 2.06. The Bertz CT molecular complexity index is 269. The Morgan fingerprint density at radius 3 is 2.33 bits per heavy atom. The molecule has 0 radical (unpaired) electrons. The van der Waals surface area contributed by atoms with Crippen molar-refractivity contribution in [2.45, 2.75) is 46.2 Å². The summed E-state index contributed by atoms with van der Waals surface area (Å²) in [4.78, 5) is 25.2. The Hall–Kier alpha value is -1.14. The number of nitrogens with zero attached hydrogens (tertiary/aromatic N) is 1. The SMILES string of the molecule is CCNC(=O)NC(=O)C(C)N(CCCN)C(C)C. The molecule has 3 amide bonds. The van der Waals surface area contributed by atoms with Crippen molar-refractivity contribution < 1.29 is 9.59 Å². The highest BCUT2D eigenvalue weighted by Gasteiger charge is 2.24. The Morgan fingerprint density at radius 1 is 1.28 bits per heavy atom. The average Bonchev–Trinajstić information content (AvgIpc) is 2.28. The van der Waals surface area contributed by atoms with Crippen molar-refractivity contribution in [2.75, 3.05) is 19.6 Å². The Balaban J connectivity index is 4.41. The van der Waals surface area contributed by atoms with E-state index < -0.39 is 6.03 Å². The first-order chi connectivity index (χ1) is 8.43. The van der Waals surface area contributed by atoms with E-state index in [4.69, 9.17) is 5.73 Å². The number of urea groups is 1. The van der Waals surface area contributed by atoms with Crippen molar-refractivity contribution in [3.8, 4) is 0 Å². The largest absolute Gasteiger partial charge is 0.338 e. The number of carbonyl (C=O) groups is 2. The van der Waals surface area contributed by atoms with Crippen LogP contribution in [0, 0.1) is 0 Å². The molecule has 0 heterocycles. The molecule has 6 nitrogen and oxygen atoms in total. The van der Waals surface area contributed by atoms with Crippen molar-refractivity contribution in [3.63, 3.8) is 0 Å². The fourth-order valence-corrected chi connectivity index (χ4v) is 1.74. The molecule has 0 bridgehead atoms. The summed E-state index contributed by atoms with van der Waals surface area (Å²) in [5.41, 5.74) is 5.48. The van der Waals surface area contributed by atoms with E-state index >= 15 is 0 Å². The molecule has 4 N–H and O–H groups in total. The molecule has 0 aromatic heterocycles. The number of nitrogens with one attached hydrogen (secondary N) is 2. The van der Waals surface area contributed by atoms with Crippen molar-refractivity contribution in [1.29, 1.82) is 0 Å². The van der Waals surface area contributed by atoms with Crippen LogP contribution in [0.2, 0.25) is 0 Å². The van der Waals surface area contributed by atoms with E-state index in [0.29, 0.717) is 13.1 Å². The van der Waals surface area contributed by atoms with Gasteiger partial charge < -0.3 is 11.1 Å². The van der Waals surface area contributed by atoms with Gasteiger partial charge in [-0.25, -0.2) is 4.79 Å². The Labute approximate surface area is 109 Å². The van der Waals surface area contributed by atoms with Crippen LogP contribution in [-0.2, 0) is 4.79 Å². The van der Waals surface area contributed by atoms with E-state index in [1.165, 1.54) is 0 Å². The van der Waals surface area contributed by atoms with Gasteiger partial charge in [-0.1, -0.05) is 0 Å². The lowest BCUT2D eigenvalue weighted by Crippen LogP contribution is -2.51. The minimum absolute atomic E-state index is 0.228. The van der Waals surface area contributed by atoms with Gasteiger partial charge in [0.15, 0.2) is 0 Å². The smallest absolute Gasteiger partial charge is 0.321 e. The molecule has 0 aliphatic carbocycles. The van der Waals surface area contributed by atoms with Gasteiger partial charge in [-0.3, -0.25) is 15.0 Å². The zero-order valence-electron chi connectivity index (χ0n) is 11.8. The summed E-state index contributed by atoms with van der Waals surface area (Å²) < 4.78 is 0. The van der Waals surface area contributed by atoms with Gasteiger partial charge >= 0.3 is 6.03 Å². The van der Waals surface area contributed by atoms with Crippen LogP contribution >= 0.6 is 0 Å². The molecule has 0 spiro atoms. The third-order valence-electron chi connectivity index (χ3n) is 2.73. The molecule has 18 heavy (non-hydrogen) atoms. The first-order valence-corrected chi connectivity index (χ1v) is 6.48. The molecule has 0 fully saturated rings. The summed E-state index contributed by atoms with van der Waals surface area (Å²) in [5, 5.41) is 4.86. The van der Waals surface area contributed by atoms with Crippen molar-refractivity contribution in [1.82, 2.24) is 15.5 Å². The predicted molar refractivity (Wildman–Crippen MR) is 72.2 cm³/mol. The number of amides is 3. The molecule has 0 rings (SSSR count). The number of rotatable bonds is 7. The van der Waals surface area contributed by atoms with Crippen LogP contribution in [0.25, 0.3) is 0 Å². The lowest BCUT2D eigenvalue weighted by molar-refractivity contribution is -0.125. The maximum Gasteiger partial charge on any atom is 0.321 e. The van der Waals surface area contributed by atoms with E-state index in [1.807, 2.05) is 18.7 Å². The standard InChI is InChI=1S/C12H26N4O2/c1-5-14-12(18)15-11(17)10(4)16(9(2)3)8-6-7-13/h9-10H,5-8,13H2,1-4H3,(H2,14,15,17,18). The average molecular weight is 258 g/mol. The van der Waals surface area contributed by atoms with Gasteiger partial charge in [-0.2, -0.15) is 0 Å². The monoisotopic (exact) mass is 258 g/mol.